The SMILES string of the molecule is O=c1nc(-c2ccccc2)oc2cc(O)ccc12. The molecule has 18 heavy (non-hydrogen) atoms. The highest BCUT2D eigenvalue weighted by molar-refractivity contribution is 5.78. The van der Waals surface area contributed by atoms with Gasteiger partial charge in [-0.25, -0.2) is 0 Å². The van der Waals surface area contributed by atoms with E-state index in [2.05, 4.69) is 4.98 Å². The van der Waals surface area contributed by atoms with Crippen LogP contribution in [0.5, 0.6) is 5.75 Å². The van der Waals surface area contributed by atoms with Crippen LogP contribution >= 0.6 is 0 Å². The van der Waals surface area contributed by atoms with Crippen molar-refractivity contribution in [3.8, 4) is 17.2 Å². The van der Waals surface area contributed by atoms with E-state index in [-0.39, 0.29) is 17.2 Å². The lowest BCUT2D eigenvalue weighted by molar-refractivity contribution is 0.474. The van der Waals surface area contributed by atoms with E-state index in [4.69, 9.17) is 4.42 Å². The molecule has 4 nitrogen and oxygen atoms in total. The number of rotatable bonds is 1. The number of hydrogen-bond donors (Lipinski definition) is 1. The number of hydrogen-bond acceptors (Lipinski definition) is 4. The first kappa shape index (κ1) is 10.5. The lowest BCUT2D eigenvalue weighted by atomic mass is 10.2. The van der Waals surface area contributed by atoms with Gasteiger partial charge in [0.25, 0.3) is 5.56 Å². The summed E-state index contributed by atoms with van der Waals surface area (Å²) in [4.78, 5) is 15.7. The highest BCUT2D eigenvalue weighted by Gasteiger charge is 2.08. The van der Waals surface area contributed by atoms with Crippen LogP contribution in [0.2, 0.25) is 0 Å². The Bertz CT molecular complexity index is 763. The van der Waals surface area contributed by atoms with Gasteiger partial charge in [-0.1, -0.05) is 18.2 Å². The van der Waals surface area contributed by atoms with Crippen molar-refractivity contribution in [1.82, 2.24) is 4.98 Å². The molecule has 1 N–H and O–H groups in total. The fraction of sp³-hybridized carbons (Fsp3) is 0. The van der Waals surface area contributed by atoms with Crippen LogP contribution in [0.15, 0.2) is 57.7 Å². The van der Waals surface area contributed by atoms with Crippen molar-refractivity contribution in [3.05, 3.63) is 58.9 Å². The third-order valence-corrected chi connectivity index (χ3v) is 2.63. The van der Waals surface area contributed by atoms with Gasteiger partial charge in [0, 0.05) is 11.6 Å². The second-order valence-electron chi connectivity index (χ2n) is 3.87. The quantitative estimate of drug-likeness (QED) is 0.708. The van der Waals surface area contributed by atoms with E-state index < -0.39 is 0 Å². The smallest absolute Gasteiger partial charge is 0.284 e. The normalized spacial score (nSPS) is 10.7. The minimum Gasteiger partial charge on any atom is -0.508 e. The molecule has 0 unspecified atom stereocenters. The molecule has 0 aliphatic carbocycles. The molecule has 88 valence electrons. The summed E-state index contributed by atoms with van der Waals surface area (Å²) >= 11 is 0. The van der Waals surface area contributed by atoms with Crippen LogP contribution in [-0.4, -0.2) is 10.1 Å². The number of phenols is 1. The van der Waals surface area contributed by atoms with Gasteiger partial charge < -0.3 is 9.52 Å². The number of benzene rings is 2. The topological polar surface area (TPSA) is 63.3 Å². The van der Waals surface area contributed by atoms with Gasteiger partial charge in [-0.2, -0.15) is 4.98 Å². The first-order valence-electron chi connectivity index (χ1n) is 5.43. The van der Waals surface area contributed by atoms with E-state index in [0.717, 1.165) is 5.56 Å². The predicted octanol–water partition coefficient (Wildman–Crippen LogP) is 2.56. The summed E-state index contributed by atoms with van der Waals surface area (Å²) in [5, 5.41) is 9.75. The Balaban J connectivity index is 2.30. The maximum atomic E-state index is 11.8. The highest BCUT2D eigenvalue weighted by Crippen LogP contribution is 2.22. The van der Waals surface area contributed by atoms with Crippen molar-refractivity contribution in [2.75, 3.05) is 0 Å². The zero-order valence-corrected chi connectivity index (χ0v) is 9.33. The summed E-state index contributed by atoms with van der Waals surface area (Å²) in [5.41, 5.74) is 0.684. The van der Waals surface area contributed by atoms with Crippen molar-refractivity contribution in [1.29, 1.82) is 0 Å². The summed E-state index contributed by atoms with van der Waals surface area (Å²) in [7, 11) is 0. The van der Waals surface area contributed by atoms with Crippen LogP contribution in [0, 0.1) is 0 Å². The lowest BCUT2D eigenvalue weighted by Gasteiger charge is -2.01. The van der Waals surface area contributed by atoms with E-state index in [1.165, 1.54) is 18.2 Å². The number of aromatic nitrogens is 1. The maximum Gasteiger partial charge on any atom is 0.284 e. The molecule has 0 fully saturated rings. The molecule has 0 aliphatic heterocycles. The number of nitrogens with zero attached hydrogens (tertiary/aromatic N) is 1. The van der Waals surface area contributed by atoms with E-state index in [1.54, 1.807) is 12.1 Å². The second kappa shape index (κ2) is 4.00. The van der Waals surface area contributed by atoms with Crippen LogP contribution < -0.4 is 5.56 Å². The maximum absolute atomic E-state index is 11.8. The van der Waals surface area contributed by atoms with Crippen LogP contribution in [0.3, 0.4) is 0 Å². The molecule has 0 saturated carbocycles. The van der Waals surface area contributed by atoms with Gasteiger partial charge in [-0.15, -0.1) is 0 Å². The first-order valence-corrected chi connectivity index (χ1v) is 5.43. The Morgan fingerprint density at radius 1 is 1.06 bits per heavy atom. The Hall–Kier alpha value is -2.62. The molecule has 0 bridgehead atoms. The molecule has 3 rings (SSSR count). The Labute approximate surface area is 102 Å². The number of fused-ring (bicyclic) bond motifs is 1. The van der Waals surface area contributed by atoms with Gasteiger partial charge in [0.15, 0.2) is 0 Å². The van der Waals surface area contributed by atoms with Crippen LogP contribution in [0.1, 0.15) is 0 Å². The Kier molecular flexibility index (Phi) is 2.34. The third-order valence-electron chi connectivity index (χ3n) is 2.63. The van der Waals surface area contributed by atoms with E-state index in [9.17, 15) is 9.90 Å². The number of aromatic hydroxyl groups is 1. The first-order chi connectivity index (χ1) is 8.74. The average molecular weight is 239 g/mol. The fourth-order valence-electron chi connectivity index (χ4n) is 1.76. The minimum atomic E-state index is -0.366. The van der Waals surface area contributed by atoms with Crippen molar-refractivity contribution in [2.45, 2.75) is 0 Å². The summed E-state index contributed by atoms with van der Waals surface area (Å²) in [6, 6.07) is 13.5. The van der Waals surface area contributed by atoms with Crippen molar-refractivity contribution in [3.63, 3.8) is 0 Å². The summed E-state index contributed by atoms with van der Waals surface area (Å²) in [6.45, 7) is 0. The van der Waals surface area contributed by atoms with Crippen LogP contribution in [-0.2, 0) is 0 Å². The van der Waals surface area contributed by atoms with Crippen LogP contribution in [0.25, 0.3) is 22.4 Å². The number of phenolic OH excluding ortho intramolecular Hbond substituents is 1. The van der Waals surface area contributed by atoms with Crippen molar-refractivity contribution >= 4 is 11.0 Å². The molecule has 0 amide bonds. The summed E-state index contributed by atoms with van der Waals surface area (Å²) < 4.78 is 5.54. The molecule has 1 heterocycles. The van der Waals surface area contributed by atoms with Crippen LogP contribution in [0.4, 0.5) is 0 Å². The second-order valence-corrected chi connectivity index (χ2v) is 3.87. The standard InChI is InChI=1S/C14H9NO3/c16-10-6-7-11-12(8-10)18-14(15-13(11)17)9-4-2-1-3-5-9/h1-8,16H. The molecule has 1 aromatic heterocycles. The van der Waals surface area contributed by atoms with Gasteiger partial charge in [0.05, 0.1) is 5.39 Å². The molecular weight excluding hydrogens is 230 g/mol. The monoisotopic (exact) mass is 239 g/mol. The Morgan fingerprint density at radius 3 is 2.61 bits per heavy atom. The summed E-state index contributed by atoms with van der Waals surface area (Å²) in [5.74, 6) is 0.301. The average Bonchev–Trinajstić information content (AvgIpc) is 2.39. The molecule has 2 aromatic carbocycles. The van der Waals surface area contributed by atoms with E-state index in [0.29, 0.717) is 11.0 Å². The molecule has 0 radical (unpaired) electrons. The zero-order chi connectivity index (χ0) is 12.5. The van der Waals surface area contributed by atoms with Gasteiger partial charge >= 0.3 is 0 Å². The van der Waals surface area contributed by atoms with E-state index in [1.807, 2.05) is 18.2 Å². The minimum absolute atomic E-state index is 0.0517. The van der Waals surface area contributed by atoms with Gasteiger partial charge in [-0.3, -0.25) is 4.79 Å². The van der Waals surface area contributed by atoms with Crippen molar-refractivity contribution < 1.29 is 9.52 Å². The molecule has 0 atom stereocenters. The van der Waals surface area contributed by atoms with Gasteiger partial charge in [-0.05, 0) is 24.3 Å². The fourth-order valence-corrected chi connectivity index (χ4v) is 1.76. The lowest BCUT2D eigenvalue weighted by Crippen LogP contribution is -2.06. The molecule has 3 aromatic rings. The molecule has 0 spiro atoms. The highest BCUT2D eigenvalue weighted by atomic mass is 16.3. The molecule has 4 heteroatoms. The third kappa shape index (κ3) is 1.73. The zero-order valence-electron chi connectivity index (χ0n) is 9.33. The predicted molar refractivity (Wildman–Crippen MR) is 67.4 cm³/mol. The van der Waals surface area contributed by atoms with E-state index >= 15 is 0 Å². The largest absolute Gasteiger partial charge is 0.508 e. The molecular formula is C14H9NO3. The molecule has 0 aliphatic rings. The van der Waals surface area contributed by atoms with Gasteiger partial charge in [0.1, 0.15) is 11.3 Å². The van der Waals surface area contributed by atoms with Crippen molar-refractivity contribution in [2.24, 2.45) is 0 Å². The summed E-state index contributed by atoms with van der Waals surface area (Å²) in [6.07, 6.45) is 0. The Morgan fingerprint density at radius 2 is 1.83 bits per heavy atom. The molecule has 0 saturated heterocycles. The van der Waals surface area contributed by atoms with Gasteiger partial charge in [0.2, 0.25) is 5.89 Å².